The van der Waals surface area contributed by atoms with Crippen LogP contribution in [0.4, 0.5) is 15.5 Å². The van der Waals surface area contributed by atoms with Crippen molar-refractivity contribution in [2.45, 2.75) is 6.92 Å². The molecular weight excluding hydrogens is 384 g/mol. The van der Waals surface area contributed by atoms with Crippen LogP contribution in [0.3, 0.4) is 0 Å². The van der Waals surface area contributed by atoms with Gasteiger partial charge in [0.1, 0.15) is 16.3 Å². The van der Waals surface area contributed by atoms with Crippen molar-refractivity contribution in [3.63, 3.8) is 0 Å². The number of methoxy groups -OCH3 is 1. The van der Waals surface area contributed by atoms with Gasteiger partial charge in [-0.3, -0.25) is 10.2 Å². The Balaban J connectivity index is 1.85. The Bertz CT molecular complexity index is 1090. The maximum Gasteiger partial charge on any atom is 0.351 e. The number of amides is 2. The first-order valence-corrected chi connectivity index (χ1v) is 9.18. The van der Waals surface area contributed by atoms with Gasteiger partial charge in [0, 0.05) is 13.1 Å². The summed E-state index contributed by atoms with van der Waals surface area (Å²) in [7, 11) is 2.80. The molecule has 28 heavy (non-hydrogen) atoms. The number of nitrogens with zero attached hydrogens (tertiary/aromatic N) is 1. The van der Waals surface area contributed by atoms with E-state index in [-0.39, 0.29) is 11.1 Å². The Hall–Kier alpha value is -3.33. The standard InChI is InChI=1S/C19H18N2O6S/c1-4-26-13-8-6-5-7-12(13)21(2)19(24)20-16-10-14-15(28-16)9-11(17(22)25-3)18(23)27-14/h5-10H,4H2,1-3H3,(H,20,24). The zero-order valence-electron chi connectivity index (χ0n) is 15.5. The van der Waals surface area contributed by atoms with Gasteiger partial charge < -0.3 is 13.9 Å². The lowest BCUT2D eigenvalue weighted by Crippen LogP contribution is -2.31. The van der Waals surface area contributed by atoms with Gasteiger partial charge in [-0.15, -0.1) is 11.3 Å². The number of rotatable bonds is 5. The summed E-state index contributed by atoms with van der Waals surface area (Å²) in [5, 5.41) is 3.22. The van der Waals surface area contributed by atoms with Gasteiger partial charge in [0.05, 0.1) is 24.1 Å². The molecule has 2 aromatic heterocycles. The molecule has 9 heteroatoms. The molecule has 0 fully saturated rings. The lowest BCUT2D eigenvalue weighted by Gasteiger charge is -2.20. The topological polar surface area (TPSA) is 98.1 Å². The average Bonchev–Trinajstić information content (AvgIpc) is 3.07. The minimum absolute atomic E-state index is 0.197. The molecule has 3 rings (SSSR count). The Labute approximate surface area is 164 Å². The summed E-state index contributed by atoms with van der Waals surface area (Å²) in [6, 6.07) is 9.72. The van der Waals surface area contributed by atoms with Gasteiger partial charge in [0.15, 0.2) is 5.58 Å². The lowest BCUT2D eigenvalue weighted by molar-refractivity contribution is 0.0596. The zero-order chi connectivity index (χ0) is 20.3. The van der Waals surface area contributed by atoms with Crippen LogP contribution in [0.15, 0.2) is 45.6 Å². The van der Waals surface area contributed by atoms with Gasteiger partial charge in [0.2, 0.25) is 0 Å². The second-order valence-electron chi connectivity index (χ2n) is 5.67. The highest BCUT2D eigenvalue weighted by molar-refractivity contribution is 7.22. The lowest BCUT2D eigenvalue weighted by atomic mass is 10.3. The summed E-state index contributed by atoms with van der Waals surface area (Å²) in [6.45, 7) is 2.34. The number of ether oxygens (including phenoxy) is 2. The first kappa shape index (κ1) is 19.4. The molecule has 1 aromatic carbocycles. The predicted molar refractivity (Wildman–Crippen MR) is 107 cm³/mol. The van der Waals surface area contributed by atoms with Crippen LogP contribution in [0.5, 0.6) is 5.75 Å². The molecule has 8 nitrogen and oxygen atoms in total. The highest BCUT2D eigenvalue weighted by Gasteiger charge is 2.19. The Morgan fingerprint density at radius 3 is 2.71 bits per heavy atom. The fraction of sp³-hybridized carbons (Fsp3) is 0.211. The first-order valence-electron chi connectivity index (χ1n) is 8.37. The fourth-order valence-corrected chi connectivity index (χ4v) is 3.46. The Morgan fingerprint density at radius 2 is 2.00 bits per heavy atom. The van der Waals surface area contributed by atoms with Gasteiger partial charge in [-0.2, -0.15) is 0 Å². The highest BCUT2D eigenvalue weighted by Crippen LogP contribution is 2.31. The van der Waals surface area contributed by atoms with Crippen molar-refractivity contribution >= 4 is 44.3 Å². The molecule has 0 aliphatic heterocycles. The molecular formula is C19H18N2O6S. The quantitative estimate of drug-likeness (QED) is 0.654. The molecule has 0 aliphatic rings. The van der Waals surface area contributed by atoms with Crippen LogP contribution >= 0.6 is 11.3 Å². The number of hydrogen-bond acceptors (Lipinski definition) is 7. The van der Waals surface area contributed by atoms with Crippen molar-refractivity contribution in [2.24, 2.45) is 0 Å². The molecule has 2 amide bonds. The number of carbonyl (C=O) groups excluding carboxylic acids is 2. The van der Waals surface area contributed by atoms with Gasteiger partial charge in [-0.25, -0.2) is 14.4 Å². The maximum atomic E-state index is 12.6. The van der Waals surface area contributed by atoms with E-state index in [0.717, 1.165) is 0 Å². The average molecular weight is 402 g/mol. The van der Waals surface area contributed by atoms with Crippen LogP contribution in [-0.2, 0) is 4.74 Å². The number of benzene rings is 1. The SMILES string of the molecule is CCOc1ccccc1N(C)C(=O)Nc1cc2oc(=O)c(C(=O)OC)cc2s1. The number of urea groups is 1. The molecule has 3 aromatic rings. The van der Waals surface area contributed by atoms with Crippen molar-refractivity contribution in [1.82, 2.24) is 0 Å². The van der Waals surface area contributed by atoms with Gasteiger partial charge in [-0.05, 0) is 25.1 Å². The number of fused-ring (bicyclic) bond motifs is 1. The third kappa shape index (κ3) is 3.84. The second kappa shape index (κ2) is 8.13. The minimum Gasteiger partial charge on any atom is -0.492 e. The molecule has 0 bridgehead atoms. The van der Waals surface area contributed by atoms with E-state index in [2.05, 4.69) is 10.1 Å². The smallest absolute Gasteiger partial charge is 0.351 e. The van der Waals surface area contributed by atoms with Crippen molar-refractivity contribution in [2.75, 3.05) is 31.0 Å². The molecule has 0 saturated carbocycles. The summed E-state index contributed by atoms with van der Waals surface area (Å²) in [5.74, 6) is -0.186. The third-order valence-corrected chi connectivity index (χ3v) is 4.87. The molecule has 0 saturated heterocycles. The van der Waals surface area contributed by atoms with E-state index in [1.807, 2.05) is 19.1 Å². The minimum atomic E-state index is -0.794. The highest BCUT2D eigenvalue weighted by atomic mass is 32.1. The van der Waals surface area contributed by atoms with E-state index >= 15 is 0 Å². The largest absolute Gasteiger partial charge is 0.492 e. The Kier molecular flexibility index (Phi) is 5.65. The van der Waals surface area contributed by atoms with Crippen LogP contribution in [-0.4, -0.2) is 32.8 Å². The number of anilines is 2. The number of thiophene rings is 1. The monoisotopic (exact) mass is 402 g/mol. The van der Waals surface area contributed by atoms with E-state index in [1.54, 1.807) is 19.2 Å². The fourth-order valence-electron chi connectivity index (χ4n) is 2.54. The molecule has 0 atom stereocenters. The van der Waals surface area contributed by atoms with E-state index in [9.17, 15) is 14.4 Å². The number of hydrogen-bond donors (Lipinski definition) is 1. The van der Waals surface area contributed by atoms with Crippen LogP contribution in [0.25, 0.3) is 10.3 Å². The normalized spacial score (nSPS) is 10.5. The summed E-state index contributed by atoms with van der Waals surface area (Å²) < 4.78 is 15.8. The molecule has 0 unspecified atom stereocenters. The van der Waals surface area contributed by atoms with Crippen LogP contribution < -0.4 is 20.6 Å². The van der Waals surface area contributed by atoms with Crippen molar-refractivity contribution < 1.29 is 23.5 Å². The summed E-state index contributed by atoms with van der Waals surface area (Å²) in [5.41, 5.74) is -0.104. The van der Waals surface area contributed by atoms with E-state index < -0.39 is 17.6 Å². The van der Waals surface area contributed by atoms with Crippen LogP contribution in [0.1, 0.15) is 17.3 Å². The van der Waals surface area contributed by atoms with Crippen molar-refractivity contribution in [3.05, 3.63) is 52.4 Å². The van der Waals surface area contributed by atoms with Crippen molar-refractivity contribution in [3.8, 4) is 5.75 Å². The van der Waals surface area contributed by atoms with Gasteiger partial charge in [-0.1, -0.05) is 12.1 Å². The van der Waals surface area contributed by atoms with Gasteiger partial charge in [0.25, 0.3) is 0 Å². The van der Waals surface area contributed by atoms with Crippen molar-refractivity contribution in [1.29, 1.82) is 0 Å². The predicted octanol–water partition coefficient (Wildman–Crippen LogP) is 3.71. The zero-order valence-corrected chi connectivity index (χ0v) is 16.3. The Morgan fingerprint density at radius 1 is 1.25 bits per heavy atom. The second-order valence-corrected chi connectivity index (χ2v) is 6.75. The third-order valence-electron chi connectivity index (χ3n) is 3.89. The van der Waals surface area contributed by atoms with Gasteiger partial charge >= 0.3 is 17.6 Å². The number of esters is 1. The first-order chi connectivity index (χ1) is 13.4. The molecule has 0 spiro atoms. The molecule has 0 aliphatic carbocycles. The van der Waals surface area contributed by atoms with E-state index in [4.69, 9.17) is 9.15 Å². The van der Waals surface area contributed by atoms with E-state index in [0.29, 0.717) is 27.7 Å². The molecule has 2 heterocycles. The molecule has 1 N–H and O–H groups in total. The summed E-state index contributed by atoms with van der Waals surface area (Å²) in [4.78, 5) is 37.6. The summed E-state index contributed by atoms with van der Waals surface area (Å²) >= 11 is 1.17. The number of carbonyl (C=O) groups is 2. The number of para-hydroxylation sites is 2. The molecule has 146 valence electrons. The molecule has 0 radical (unpaired) electrons. The number of nitrogens with one attached hydrogen (secondary N) is 1. The maximum absolute atomic E-state index is 12.6. The van der Waals surface area contributed by atoms with Crippen LogP contribution in [0.2, 0.25) is 0 Å². The summed E-state index contributed by atoms with van der Waals surface area (Å²) in [6.07, 6.45) is 0. The van der Waals surface area contributed by atoms with Crippen LogP contribution in [0, 0.1) is 0 Å². The van der Waals surface area contributed by atoms with E-state index in [1.165, 1.54) is 35.5 Å².